The number of hydrogen-bond donors (Lipinski definition) is 0. The molecule has 0 N–H and O–H groups in total. The van der Waals surface area contributed by atoms with Crippen LogP contribution in [0.5, 0.6) is 0 Å². The molecule has 0 unspecified atom stereocenters. The summed E-state index contributed by atoms with van der Waals surface area (Å²) in [6.07, 6.45) is 6.34. The molecule has 7 atom stereocenters. The maximum atomic E-state index is 14.4. The van der Waals surface area contributed by atoms with Gasteiger partial charge in [-0.25, -0.2) is 0 Å². The molecule has 0 radical (unpaired) electrons. The number of anilines is 2. The van der Waals surface area contributed by atoms with Crippen molar-refractivity contribution in [2.75, 3.05) is 9.80 Å². The number of hydrogen-bond acceptors (Lipinski definition) is 4. The SMILES string of the molecule is CCc1ccc(N2C(=O)[C@H]3[C@@H]4C=C[C@@H](C5=C(c6ccccc6)C[C@@H]6C(=O)N(c7ccc(CC)cc7)C(=O)[C@H]6[C@H]54)[C@H]3C2=O)cc1. The molecule has 220 valence electrons. The third-order valence-electron chi connectivity index (χ3n) is 10.8. The number of rotatable bonds is 5. The van der Waals surface area contributed by atoms with Crippen LogP contribution in [-0.2, 0) is 32.0 Å². The fourth-order valence-corrected chi connectivity index (χ4v) is 8.79. The zero-order valence-corrected chi connectivity index (χ0v) is 24.9. The molecular weight excluding hydrogens is 548 g/mol. The van der Waals surface area contributed by atoms with Crippen LogP contribution in [0.15, 0.2) is 96.6 Å². The second-order valence-corrected chi connectivity index (χ2v) is 12.8. The van der Waals surface area contributed by atoms with Crippen molar-refractivity contribution in [1.29, 1.82) is 0 Å². The zero-order valence-electron chi connectivity index (χ0n) is 24.9. The first-order chi connectivity index (χ1) is 21.4. The Balaban J connectivity index is 1.25. The van der Waals surface area contributed by atoms with Gasteiger partial charge in [0.25, 0.3) is 0 Å². The second-order valence-electron chi connectivity index (χ2n) is 12.8. The fraction of sp³-hybridized carbons (Fsp3) is 0.316. The topological polar surface area (TPSA) is 74.8 Å². The van der Waals surface area contributed by atoms with Gasteiger partial charge in [0, 0.05) is 11.8 Å². The average molecular weight is 583 g/mol. The smallest absolute Gasteiger partial charge is 0.238 e. The minimum absolute atomic E-state index is 0.171. The number of carbonyl (C=O) groups excluding carboxylic acids is 4. The summed E-state index contributed by atoms with van der Waals surface area (Å²) in [5.41, 5.74) is 6.60. The highest BCUT2D eigenvalue weighted by atomic mass is 16.2. The third kappa shape index (κ3) is 3.66. The standard InChI is InChI=1S/C38H34N2O4/c1-3-21-10-14-24(15-11-21)39-35(41)29-20-28(23-8-6-5-7-9-23)30-26-18-19-27(31(30)34(29)38(39)44)33-32(26)36(42)40(37(33)43)25-16-12-22(4-2)13-17-25/h5-19,26-27,29,31-34H,3-4,20H2,1-2H3/t26-,27+,29-,31-,32+,33-,34+/m0/s1. The minimum Gasteiger partial charge on any atom is -0.274 e. The van der Waals surface area contributed by atoms with Crippen LogP contribution in [0, 0.1) is 41.4 Å². The summed E-state index contributed by atoms with van der Waals surface area (Å²) in [7, 11) is 0. The lowest BCUT2D eigenvalue weighted by Crippen LogP contribution is -2.51. The van der Waals surface area contributed by atoms with Gasteiger partial charge in [0.1, 0.15) is 0 Å². The first kappa shape index (κ1) is 27.0. The van der Waals surface area contributed by atoms with Gasteiger partial charge in [0.05, 0.1) is 35.0 Å². The van der Waals surface area contributed by atoms with Gasteiger partial charge in [-0.1, -0.05) is 86.2 Å². The van der Waals surface area contributed by atoms with Crippen LogP contribution in [0.25, 0.3) is 5.57 Å². The molecule has 1 saturated carbocycles. The summed E-state index contributed by atoms with van der Waals surface area (Å²) >= 11 is 0. The number of allylic oxidation sites excluding steroid dienone is 4. The number of carbonyl (C=O) groups is 4. The van der Waals surface area contributed by atoms with E-state index in [1.165, 1.54) is 9.80 Å². The highest BCUT2D eigenvalue weighted by Gasteiger charge is 2.67. The van der Waals surface area contributed by atoms with Gasteiger partial charge in [-0.2, -0.15) is 0 Å². The summed E-state index contributed by atoms with van der Waals surface area (Å²) < 4.78 is 0. The quantitative estimate of drug-likeness (QED) is 0.273. The molecule has 4 aliphatic carbocycles. The largest absolute Gasteiger partial charge is 0.274 e. The first-order valence-electron chi connectivity index (χ1n) is 15.8. The van der Waals surface area contributed by atoms with Crippen molar-refractivity contribution in [3.63, 3.8) is 0 Å². The molecular formula is C38H34N2O4. The monoisotopic (exact) mass is 582 g/mol. The van der Waals surface area contributed by atoms with E-state index >= 15 is 0 Å². The van der Waals surface area contributed by atoms with Crippen LogP contribution >= 0.6 is 0 Å². The highest BCUT2D eigenvalue weighted by Crippen LogP contribution is 2.63. The number of fused-ring (bicyclic) bond motifs is 1. The zero-order chi connectivity index (χ0) is 30.3. The Labute approximate surface area is 257 Å². The maximum absolute atomic E-state index is 14.4. The van der Waals surface area contributed by atoms with Crippen molar-refractivity contribution in [1.82, 2.24) is 0 Å². The molecule has 6 aliphatic rings. The van der Waals surface area contributed by atoms with E-state index in [-0.39, 0.29) is 41.4 Å². The van der Waals surface area contributed by atoms with Crippen LogP contribution in [0.4, 0.5) is 11.4 Å². The van der Waals surface area contributed by atoms with Crippen LogP contribution in [0.3, 0.4) is 0 Å². The number of imide groups is 2. The third-order valence-corrected chi connectivity index (χ3v) is 10.8. The van der Waals surface area contributed by atoms with Crippen molar-refractivity contribution in [3.8, 4) is 0 Å². The van der Waals surface area contributed by atoms with Crippen molar-refractivity contribution in [2.24, 2.45) is 41.4 Å². The van der Waals surface area contributed by atoms with E-state index in [1.54, 1.807) is 0 Å². The molecule has 0 aromatic heterocycles. The van der Waals surface area contributed by atoms with E-state index in [1.807, 2.05) is 66.7 Å². The Morgan fingerprint density at radius 3 is 1.73 bits per heavy atom. The normalized spacial score (nSPS) is 30.3. The Morgan fingerprint density at radius 1 is 0.591 bits per heavy atom. The fourth-order valence-electron chi connectivity index (χ4n) is 8.79. The van der Waals surface area contributed by atoms with Gasteiger partial charge in [-0.05, 0) is 71.7 Å². The van der Waals surface area contributed by atoms with Crippen molar-refractivity contribution in [2.45, 2.75) is 33.1 Å². The van der Waals surface area contributed by atoms with Crippen LogP contribution in [-0.4, -0.2) is 23.6 Å². The van der Waals surface area contributed by atoms with E-state index in [0.717, 1.165) is 40.7 Å². The lowest BCUT2D eigenvalue weighted by Gasteiger charge is -2.51. The van der Waals surface area contributed by atoms with Gasteiger partial charge >= 0.3 is 0 Å². The molecule has 4 amide bonds. The van der Waals surface area contributed by atoms with E-state index < -0.39 is 23.7 Å². The van der Waals surface area contributed by atoms with Crippen molar-refractivity contribution >= 4 is 40.6 Å². The molecule has 3 aromatic rings. The summed E-state index contributed by atoms with van der Waals surface area (Å²) in [6, 6.07) is 25.4. The van der Waals surface area contributed by atoms with Crippen LogP contribution < -0.4 is 9.80 Å². The van der Waals surface area contributed by atoms with Gasteiger partial charge in [0.2, 0.25) is 23.6 Å². The van der Waals surface area contributed by atoms with Gasteiger partial charge in [-0.3, -0.25) is 29.0 Å². The molecule has 6 nitrogen and oxygen atoms in total. The molecule has 3 aromatic carbocycles. The van der Waals surface area contributed by atoms with Gasteiger partial charge in [-0.15, -0.1) is 0 Å². The number of amides is 4. The van der Waals surface area contributed by atoms with Crippen molar-refractivity contribution in [3.05, 3.63) is 113 Å². The maximum Gasteiger partial charge on any atom is 0.238 e. The average Bonchev–Trinajstić information content (AvgIpc) is 3.50. The lowest BCUT2D eigenvalue weighted by atomic mass is 9.49. The summed E-state index contributed by atoms with van der Waals surface area (Å²) in [6.45, 7) is 4.14. The van der Waals surface area contributed by atoms with Gasteiger partial charge < -0.3 is 0 Å². The Hall–Kier alpha value is -4.58. The molecule has 2 bridgehead atoms. The number of aryl methyl sites for hydroxylation is 2. The van der Waals surface area contributed by atoms with Gasteiger partial charge in [0.15, 0.2) is 0 Å². The Bertz CT molecular complexity index is 1770. The molecule has 6 heteroatoms. The van der Waals surface area contributed by atoms with Crippen LogP contribution in [0.2, 0.25) is 0 Å². The Morgan fingerprint density at radius 2 is 1.14 bits per heavy atom. The molecule has 3 fully saturated rings. The highest BCUT2D eigenvalue weighted by molar-refractivity contribution is 6.24. The molecule has 0 spiro atoms. The Kier molecular flexibility index (Phi) is 6.12. The molecule has 9 rings (SSSR count). The molecule has 2 saturated heterocycles. The second kappa shape index (κ2) is 9.98. The number of benzene rings is 3. The predicted octanol–water partition coefficient (Wildman–Crippen LogP) is 6.01. The molecule has 44 heavy (non-hydrogen) atoms. The van der Waals surface area contributed by atoms with E-state index in [4.69, 9.17) is 0 Å². The minimum atomic E-state index is -0.574. The summed E-state index contributed by atoms with van der Waals surface area (Å²) in [5.74, 6) is -3.89. The summed E-state index contributed by atoms with van der Waals surface area (Å²) in [4.78, 5) is 59.6. The van der Waals surface area contributed by atoms with E-state index in [2.05, 4.69) is 38.1 Å². The van der Waals surface area contributed by atoms with Crippen molar-refractivity contribution < 1.29 is 19.2 Å². The van der Waals surface area contributed by atoms with Crippen LogP contribution in [0.1, 0.15) is 37.0 Å². The first-order valence-corrected chi connectivity index (χ1v) is 15.8. The van der Waals surface area contributed by atoms with E-state index in [0.29, 0.717) is 17.8 Å². The molecule has 2 aliphatic heterocycles. The summed E-state index contributed by atoms with van der Waals surface area (Å²) in [5, 5.41) is 0. The number of nitrogens with zero attached hydrogens (tertiary/aromatic N) is 2. The predicted molar refractivity (Wildman–Crippen MR) is 168 cm³/mol. The lowest BCUT2D eigenvalue weighted by molar-refractivity contribution is -0.129. The van der Waals surface area contributed by atoms with E-state index in [9.17, 15) is 19.2 Å². The molecule has 2 heterocycles.